The molecule has 2 rings (SSSR count). The number of carbonyl (C=O) groups is 1. The van der Waals surface area contributed by atoms with Crippen LogP contribution in [0, 0.1) is 6.92 Å². The zero-order valence-corrected chi connectivity index (χ0v) is 12.2. The minimum absolute atomic E-state index is 0.132. The van der Waals surface area contributed by atoms with Crippen LogP contribution in [-0.4, -0.2) is 45.5 Å². The third kappa shape index (κ3) is 2.34. The van der Waals surface area contributed by atoms with E-state index in [1.807, 2.05) is 14.0 Å². The van der Waals surface area contributed by atoms with Gasteiger partial charge in [-0.05, 0) is 13.8 Å². The molecule has 0 bridgehead atoms. The van der Waals surface area contributed by atoms with Gasteiger partial charge in [0.25, 0.3) is 0 Å². The molecule has 0 aliphatic rings. The van der Waals surface area contributed by atoms with Crippen LogP contribution < -0.4 is 11.1 Å². The number of imidazole rings is 1. The Hall–Kier alpha value is -2.09. The highest BCUT2D eigenvalue weighted by Gasteiger charge is 2.23. The lowest BCUT2D eigenvalue weighted by atomic mass is 10.3. The molecule has 0 fully saturated rings. The molecule has 20 heavy (non-hydrogen) atoms. The molecular weight excluding hydrogens is 260 g/mol. The number of anilines is 1. The Morgan fingerprint density at radius 2 is 2.25 bits per heavy atom. The normalized spacial score (nSPS) is 12.8. The fourth-order valence-electron chi connectivity index (χ4n) is 2.24. The average molecular weight is 280 g/mol. The largest absolute Gasteiger partial charge is 0.383 e. The molecule has 1 atom stereocenters. The molecule has 0 aromatic carbocycles. The molecule has 1 amide bonds. The number of nitrogens with zero attached hydrogens (tertiary/aromatic N) is 4. The Balaban J connectivity index is 2.32. The van der Waals surface area contributed by atoms with Gasteiger partial charge in [-0.3, -0.25) is 14.0 Å². The fourth-order valence-corrected chi connectivity index (χ4v) is 2.24. The van der Waals surface area contributed by atoms with Gasteiger partial charge in [-0.1, -0.05) is 0 Å². The number of hydrogen-bond donors (Lipinski definition) is 2. The molecule has 1 unspecified atom stereocenters. The number of aromatic nitrogens is 4. The van der Waals surface area contributed by atoms with Crippen molar-refractivity contribution in [3.63, 3.8) is 0 Å². The van der Waals surface area contributed by atoms with Crippen LogP contribution >= 0.6 is 0 Å². The minimum atomic E-state index is -0.466. The van der Waals surface area contributed by atoms with Gasteiger partial charge in [-0.2, -0.15) is 5.10 Å². The Bertz CT molecular complexity index is 629. The number of amides is 1. The van der Waals surface area contributed by atoms with Gasteiger partial charge >= 0.3 is 0 Å². The fraction of sp³-hybridized carbons (Fsp3) is 0.583. The molecule has 0 aliphatic carbocycles. The highest BCUT2D eigenvalue weighted by atomic mass is 16.5. The van der Waals surface area contributed by atoms with Crippen molar-refractivity contribution < 1.29 is 9.53 Å². The van der Waals surface area contributed by atoms with Crippen molar-refractivity contribution in [1.82, 2.24) is 24.6 Å². The highest BCUT2D eigenvalue weighted by molar-refractivity contribution is 5.85. The van der Waals surface area contributed by atoms with E-state index in [-0.39, 0.29) is 5.91 Å². The number of aryl methyl sites for hydroxylation is 2. The summed E-state index contributed by atoms with van der Waals surface area (Å²) in [5, 5.41) is 7.09. The number of nitrogen functional groups attached to an aromatic ring is 1. The second kappa shape index (κ2) is 5.49. The number of hydrogen-bond acceptors (Lipinski definition) is 5. The smallest absolute Gasteiger partial charge is 0.243 e. The van der Waals surface area contributed by atoms with E-state index in [1.165, 1.54) is 0 Å². The zero-order valence-electron chi connectivity index (χ0n) is 12.2. The van der Waals surface area contributed by atoms with Crippen molar-refractivity contribution >= 4 is 23.0 Å². The molecule has 0 radical (unpaired) electrons. The molecule has 110 valence electrons. The minimum Gasteiger partial charge on any atom is -0.383 e. The van der Waals surface area contributed by atoms with Gasteiger partial charge in [0.05, 0.1) is 12.3 Å². The van der Waals surface area contributed by atoms with Crippen molar-refractivity contribution in [1.29, 1.82) is 0 Å². The summed E-state index contributed by atoms with van der Waals surface area (Å²) >= 11 is 0. The summed E-state index contributed by atoms with van der Waals surface area (Å²) in [5.41, 5.74) is 8.20. The second-order valence-electron chi connectivity index (χ2n) is 4.68. The van der Waals surface area contributed by atoms with Crippen LogP contribution in [0.15, 0.2) is 0 Å². The number of methoxy groups -OCH3 is 1. The van der Waals surface area contributed by atoms with Crippen LogP contribution in [-0.2, 0) is 16.6 Å². The number of ether oxygens (including phenoxy) is 1. The number of rotatable bonds is 5. The summed E-state index contributed by atoms with van der Waals surface area (Å²) in [7, 11) is 3.40. The van der Waals surface area contributed by atoms with E-state index in [4.69, 9.17) is 10.5 Å². The van der Waals surface area contributed by atoms with Gasteiger partial charge in [-0.25, -0.2) is 4.98 Å². The van der Waals surface area contributed by atoms with Gasteiger partial charge in [0.1, 0.15) is 11.6 Å². The second-order valence-corrected chi connectivity index (χ2v) is 4.68. The summed E-state index contributed by atoms with van der Waals surface area (Å²) in [6, 6.07) is -0.466. The van der Waals surface area contributed by atoms with E-state index < -0.39 is 6.04 Å². The number of nitrogens with two attached hydrogens (primary N) is 1. The van der Waals surface area contributed by atoms with Crippen molar-refractivity contribution in [2.75, 3.05) is 26.0 Å². The van der Waals surface area contributed by atoms with Gasteiger partial charge in [0.2, 0.25) is 11.9 Å². The number of fused-ring (bicyclic) bond motifs is 1. The predicted molar refractivity (Wildman–Crippen MR) is 75.2 cm³/mol. The molecule has 2 heterocycles. The average Bonchev–Trinajstić information content (AvgIpc) is 2.87. The van der Waals surface area contributed by atoms with Crippen molar-refractivity contribution in [2.45, 2.75) is 19.9 Å². The van der Waals surface area contributed by atoms with Crippen molar-refractivity contribution in [2.24, 2.45) is 7.05 Å². The SMILES string of the molecule is COCCNC(=O)C(C)n1c(N)nc2c(C)nn(C)c21. The van der Waals surface area contributed by atoms with Crippen LogP contribution in [0.25, 0.3) is 11.2 Å². The van der Waals surface area contributed by atoms with Gasteiger partial charge in [-0.15, -0.1) is 0 Å². The first-order valence-corrected chi connectivity index (χ1v) is 6.41. The Labute approximate surface area is 116 Å². The van der Waals surface area contributed by atoms with E-state index >= 15 is 0 Å². The third-order valence-electron chi connectivity index (χ3n) is 3.23. The maximum absolute atomic E-state index is 12.1. The van der Waals surface area contributed by atoms with Crippen LogP contribution in [0.1, 0.15) is 18.7 Å². The molecule has 2 aromatic heterocycles. The lowest BCUT2D eigenvalue weighted by molar-refractivity contribution is -0.123. The van der Waals surface area contributed by atoms with Crippen molar-refractivity contribution in [3.8, 4) is 0 Å². The van der Waals surface area contributed by atoms with Gasteiger partial charge < -0.3 is 15.8 Å². The molecule has 0 aliphatic heterocycles. The molecule has 8 heteroatoms. The van der Waals surface area contributed by atoms with Crippen LogP contribution in [0.4, 0.5) is 5.95 Å². The van der Waals surface area contributed by atoms with Crippen LogP contribution in [0.3, 0.4) is 0 Å². The summed E-state index contributed by atoms with van der Waals surface area (Å²) in [5.74, 6) is 0.178. The summed E-state index contributed by atoms with van der Waals surface area (Å²) < 4.78 is 8.29. The predicted octanol–water partition coefficient (Wildman–Crippen LogP) is -0.0160. The van der Waals surface area contributed by atoms with E-state index in [9.17, 15) is 4.79 Å². The van der Waals surface area contributed by atoms with Gasteiger partial charge in [0, 0.05) is 20.7 Å². The quantitative estimate of drug-likeness (QED) is 0.750. The van der Waals surface area contributed by atoms with Crippen LogP contribution in [0.2, 0.25) is 0 Å². The topological polar surface area (TPSA) is 100.0 Å². The first-order chi connectivity index (χ1) is 9.47. The standard InChI is InChI=1S/C12H20N6O2/c1-7-9-11(17(3)16-7)18(12(13)15-9)8(2)10(19)14-5-6-20-4/h8H,5-6H2,1-4H3,(H2,13,15)(H,14,19). The first-order valence-electron chi connectivity index (χ1n) is 6.41. The molecule has 8 nitrogen and oxygen atoms in total. The van der Waals surface area contributed by atoms with Crippen molar-refractivity contribution in [3.05, 3.63) is 5.69 Å². The highest BCUT2D eigenvalue weighted by Crippen LogP contribution is 2.24. The first kappa shape index (κ1) is 14.3. The summed E-state index contributed by atoms with van der Waals surface area (Å²) in [6.07, 6.45) is 0. The Morgan fingerprint density at radius 3 is 2.90 bits per heavy atom. The van der Waals surface area contributed by atoms with E-state index in [0.29, 0.717) is 19.1 Å². The number of carbonyl (C=O) groups excluding carboxylic acids is 1. The Kier molecular flexibility index (Phi) is 3.93. The lowest BCUT2D eigenvalue weighted by Crippen LogP contribution is -2.33. The van der Waals surface area contributed by atoms with Crippen LogP contribution in [0.5, 0.6) is 0 Å². The molecular formula is C12H20N6O2. The molecule has 2 aromatic rings. The molecule has 0 saturated heterocycles. The summed E-state index contributed by atoms with van der Waals surface area (Å²) in [6.45, 7) is 4.57. The van der Waals surface area contributed by atoms with E-state index in [0.717, 1.165) is 16.9 Å². The zero-order chi connectivity index (χ0) is 14.9. The molecule has 3 N–H and O–H groups in total. The van der Waals surface area contributed by atoms with E-state index in [1.54, 1.807) is 23.3 Å². The maximum Gasteiger partial charge on any atom is 0.243 e. The number of nitrogens with one attached hydrogen (secondary N) is 1. The molecule has 0 saturated carbocycles. The van der Waals surface area contributed by atoms with E-state index in [2.05, 4.69) is 15.4 Å². The molecule has 0 spiro atoms. The third-order valence-corrected chi connectivity index (χ3v) is 3.23. The van der Waals surface area contributed by atoms with Gasteiger partial charge in [0.15, 0.2) is 5.65 Å². The Morgan fingerprint density at radius 1 is 1.55 bits per heavy atom. The monoisotopic (exact) mass is 280 g/mol. The lowest BCUT2D eigenvalue weighted by Gasteiger charge is -2.15. The maximum atomic E-state index is 12.1. The summed E-state index contributed by atoms with van der Waals surface area (Å²) in [4.78, 5) is 16.4.